The highest BCUT2D eigenvalue weighted by Crippen LogP contribution is 2.28. The normalized spacial score (nSPS) is 10.7. The third-order valence-corrected chi connectivity index (χ3v) is 2.62. The molecular formula is C10H7BrF2N2. The average Bonchev–Trinajstić information content (AvgIpc) is 2.58. The summed E-state index contributed by atoms with van der Waals surface area (Å²) < 4.78 is 26.3. The van der Waals surface area contributed by atoms with Crippen molar-refractivity contribution in [2.24, 2.45) is 0 Å². The monoisotopic (exact) mass is 272 g/mol. The number of nitrogens with one attached hydrogen (secondary N) is 1. The van der Waals surface area contributed by atoms with Gasteiger partial charge in [-0.05, 0) is 35.0 Å². The smallest absolute Gasteiger partial charge is 0.159 e. The van der Waals surface area contributed by atoms with E-state index in [2.05, 4.69) is 25.9 Å². The molecule has 5 heteroatoms. The van der Waals surface area contributed by atoms with Crippen molar-refractivity contribution in [3.05, 3.63) is 40.1 Å². The first-order valence-electron chi connectivity index (χ1n) is 4.24. The van der Waals surface area contributed by atoms with Gasteiger partial charge in [0.1, 0.15) is 5.82 Å². The first kappa shape index (κ1) is 10.3. The minimum absolute atomic E-state index is 0.468. The Balaban J connectivity index is 2.58. The van der Waals surface area contributed by atoms with Gasteiger partial charge in [0.2, 0.25) is 0 Å². The fourth-order valence-electron chi connectivity index (χ4n) is 1.25. The molecule has 1 N–H and O–H groups in total. The predicted molar refractivity (Wildman–Crippen MR) is 56.4 cm³/mol. The van der Waals surface area contributed by atoms with Crippen molar-refractivity contribution in [1.82, 2.24) is 9.97 Å². The molecule has 0 bridgehead atoms. The first-order chi connectivity index (χ1) is 7.08. The van der Waals surface area contributed by atoms with Crippen LogP contribution in [0.3, 0.4) is 0 Å². The molecule has 78 valence electrons. The molecule has 0 aliphatic rings. The van der Waals surface area contributed by atoms with Crippen molar-refractivity contribution >= 4 is 15.9 Å². The Hall–Kier alpha value is -1.23. The van der Waals surface area contributed by atoms with Crippen LogP contribution in [0.25, 0.3) is 11.4 Å². The molecule has 1 aromatic carbocycles. The molecule has 0 unspecified atom stereocenters. The Bertz CT molecular complexity index is 508. The SMILES string of the molecule is Cc1cnc(-c2cc(F)c(F)cc2Br)[nH]1. The van der Waals surface area contributed by atoms with Gasteiger partial charge in [-0.25, -0.2) is 13.8 Å². The maximum absolute atomic E-state index is 13.0. The van der Waals surface area contributed by atoms with E-state index in [0.717, 1.165) is 17.8 Å². The Morgan fingerprint density at radius 2 is 1.93 bits per heavy atom. The highest BCUT2D eigenvalue weighted by molar-refractivity contribution is 9.10. The second-order valence-corrected chi connectivity index (χ2v) is 4.02. The summed E-state index contributed by atoms with van der Waals surface area (Å²) in [6.07, 6.45) is 1.63. The largest absolute Gasteiger partial charge is 0.342 e. The summed E-state index contributed by atoms with van der Waals surface area (Å²) in [5.74, 6) is -1.26. The Labute approximate surface area is 93.5 Å². The summed E-state index contributed by atoms with van der Waals surface area (Å²) in [7, 11) is 0. The molecule has 0 aliphatic carbocycles. The van der Waals surface area contributed by atoms with Crippen molar-refractivity contribution < 1.29 is 8.78 Å². The summed E-state index contributed by atoms with van der Waals surface area (Å²) in [5, 5.41) is 0. The number of hydrogen-bond acceptors (Lipinski definition) is 1. The van der Waals surface area contributed by atoms with Gasteiger partial charge in [0, 0.05) is 21.9 Å². The highest BCUT2D eigenvalue weighted by Gasteiger charge is 2.11. The van der Waals surface area contributed by atoms with Gasteiger partial charge in [-0.2, -0.15) is 0 Å². The van der Waals surface area contributed by atoms with E-state index in [1.807, 2.05) is 6.92 Å². The van der Waals surface area contributed by atoms with Crippen LogP contribution in [-0.4, -0.2) is 9.97 Å². The summed E-state index contributed by atoms with van der Waals surface area (Å²) in [6.45, 7) is 1.84. The van der Waals surface area contributed by atoms with Gasteiger partial charge in [-0.3, -0.25) is 0 Å². The van der Waals surface area contributed by atoms with Crippen molar-refractivity contribution in [1.29, 1.82) is 0 Å². The zero-order valence-electron chi connectivity index (χ0n) is 7.81. The number of imidazole rings is 1. The third-order valence-electron chi connectivity index (χ3n) is 1.97. The molecule has 15 heavy (non-hydrogen) atoms. The Morgan fingerprint density at radius 3 is 2.53 bits per heavy atom. The minimum atomic E-state index is -0.887. The topological polar surface area (TPSA) is 28.7 Å². The molecular weight excluding hydrogens is 266 g/mol. The van der Waals surface area contributed by atoms with Crippen molar-refractivity contribution in [3.63, 3.8) is 0 Å². The molecule has 2 nitrogen and oxygen atoms in total. The van der Waals surface area contributed by atoms with Crippen molar-refractivity contribution in [2.45, 2.75) is 6.92 Å². The number of aromatic nitrogens is 2. The number of aryl methyl sites for hydroxylation is 1. The lowest BCUT2D eigenvalue weighted by Gasteiger charge is -2.02. The molecule has 0 atom stereocenters. The molecule has 0 spiro atoms. The molecule has 0 aliphatic heterocycles. The second-order valence-electron chi connectivity index (χ2n) is 3.16. The number of nitrogens with zero attached hydrogens (tertiary/aromatic N) is 1. The van der Waals surface area contributed by atoms with E-state index in [0.29, 0.717) is 15.9 Å². The van der Waals surface area contributed by atoms with E-state index >= 15 is 0 Å². The van der Waals surface area contributed by atoms with Gasteiger partial charge >= 0.3 is 0 Å². The molecule has 2 aromatic rings. The fraction of sp³-hybridized carbons (Fsp3) is 0.100. The lowest BCUT2D eigenvalue weighted by molar-refractivity contribution is 0.508. The van der Waals surface area contributed by atoms with E-state index in [9.17, 15) is 8.78 Å². The predicted octanol–water partition coefficient (Wildman–Crippen LogP) is 3.43. The van der Waals surface area contributed by atoms with Gasteiger partial charge in [0.25, 0.3) is 0 Å². The number of rotatable bonds is 1. The highest BCUT2D eigenvalue weighted by atomic mass is 79.9. The number of aromatic amines is 1. The van der Waals surface area contributed by atoms with Crippen LogP contribution in [0.1, 0.15) is 5.69 Å². The number of hydrogen-bond donors (Lipinski definition) is 1. The lowest BCUT2D eigenvalue weighted by Crippen LogP contribution is -1.89. The summed E-state index contributed by atoms with van der Waals surface area (Å²) in [4.78, 5) is 6.99. The molecule has 0 saturated heterocycles. The lowest BCUT2D eigenvalue weighted by atomic mass is 10.2. The zero-order chi connectivity index (χ0) is 11.0. The van der Waals surface area contributed by atoms with Gasteiger partial charge in [-0.15, -0.1) is 0 Å². The van der Waals surface area contributed by atoms with Crippen LogP contribution < -0.4 is 0 Å². The quantitative estimate of drug-likeness (QED) is 0.792. The van der Waals surface area contributed by atoms with Gasteiger partial charge < -0.3 is 4.98 Å². The standard InChI is InChI=1S/C10H7BrF2N2/c1-5-4-14-10(15-5)6-2-8(12)9(13)3-7(6)11/h2-4H,1H3,(H,14,15). The molecule has 2 rings (SSSR count). The summed E-state index contributed by atoms with van der Waals surface area (Å²) >= 11 is 3.16. The van der Waals surface area contributed by atoms with Crippen LogP contribution >= 0.6 is 15.9 Å². The van der Waals surface area contributed by atoms with Gasteiger partial charge in [0.15, 0.2) is 11.6 Å². The Kier molecular flexibility index (Phi) is 2.56. The van der Waals surface area contributed by atoms with Crippen LogP contribution in [0.4, 0.5) is 8.78 Å². The van der Waals surface area contributed by atoms with Gasteiger partial charge in [0.05, 0.1) is 0 Å². The summed E-state index contributed by atoms with van der Waals surface area (Å²) in [5.41, 5.74) is 1.36. The molecule has 1 aromatic heterocycles. The molecule has 0 saturated carbocycles. The fourth-order valence-corrected chi connectivity index (χ4v) is 1.76. The van der Waals surface area contributed by atoms with Crippen molar-refractivity contribution in [3.8, 4) is 11.4 Å². The van der Waals surface area contributed by atoms with Crippen LogP contribution in [0.5, 0.6) is 0 Å². The molecule has 0 amide bonds. The minimum Gasteiger partial charge on any atom is -0.342 e. The molecule has 1 heterocycles. The first-order valence-corrected chi connectivity index (χ1v) is 5.04. The van der Waals surface area contributed by atoms with E-state index < -0.39 is 11.6 Å². The zero-order valence-corrected chi connectivity index (χ0v) is 9.40. The maximum atomic E-state index is 13.0. The van der Waals surface area contributed by atoms with Crippen LogP contribution in [0, 0.1) is 18.6 Å². The van der Waals surface area contributed by atoms with Crippen LogP contribution in [0.2, 0.25) is 0 Å². The average molecular weight is 273 g/mol. The van der Waals surface area contributed by atoms with E-state index in [1.54, 1.807) is 6.20 Å². The summed E-state index contributed by atoms with van der Waals surface area (Å²) in [6, 6.07) is 2.19. The Morgan fingerprint density at radius 1 is 1.27 bits per heavy atom. The number of halogens is 3. The third kappa shape index (κ3) is 1.92. The van der Waals surface area contributed by atoms with E-state index in [1.165, 1.54) is 0 Å². The van der Waals surface area contributed by atoms with Crippen molar-refractivity contribution in [2.75, 3.05) is 0 Å². The van der Waals surface area contributed by atoms with Gasteiger partial charge in [-0.1, -0.05) is 0 Å². The maximum Gasteiger partial charge on any atom is 0.159 e. The number of H-pyrrole nitrogens is 1. The van der Waals surface area contributed by atoms with Crippen LogP contribution in [-0.2, 0) is 0 Å². The second kappa shape index (κ2) is 3.73. The molecule has 0 fully saturated rings. The van der Waals surface area contributed by atoms with E-state index in [-0.39, 0.29) is 0 Å². The number of benzene rings is 1. The van der Waals surface area contributed by atoms with Crippen LogP contribution in [0.15, 0.2) is 22.8 Å². The molecule has 0 radical (unpaired) electrons. The van der Waals surface area contributed by atoms with E-state index in [4.69, 9.17) is 0 Å².